The fourth-order valence-corrected chi connectivity index (χ4v) is 1.41. The van der Waals surface area contributed by atoms with Gasteiger partial charge in [-0.3, -0.25) is 0 Å². The van der Waals surface area contributed by atoms with Gasteiger partial charge in [0.2, 0.25) is 0 Å². The van der Waals surface area contributed by atoms with Gasteiger partial charge in [0.25, 0.3) is 0 Å². The monoisotopic (exact) mass is 211 g/mol. The lowest BCUT2D eigenvalue weighted by Gasteiger charge is -2.12. The number of methoxy groups -OCH3 is 2. The van der Waals surface area contributed by atoms with Gasteiger partial charge in [0.05, 0.1) is 14.2 Å². The summed E-state index contributed by atoms with van der Waals surface area (Å²) in [6.07, 6.45) is 0.733. The van der Waals surface area contributed by atoms with Crippen molar-refractivity contribution in [1.29, 1.82) is 0 Å². The number of hydrogen-bond acceptors (Lipinski definition) is 4. The number of hydrogen-bond donors (Lipinski definition) is 2. The van der Waals surface area contributed by atoms with Gasteiger partial charge >= 0.3 is 0 Å². The Morgan fingerprint density at radius 1 is 1.27 bits per heavy atom. The molecule has 0 unspecified atom stereocenters. The Balaban J connectivity index is 2.83. The molecule has 4 heteroatoms. The van der Waals surface area contributed by atoms with E-state index in [2.05, 4.69) is 5.48 Å². The van der Waals surface area contributed by atoms with Crippen molar-refractivity contribution in [1.82, 2.24) is 5.48 Å². The summed E-state index contributed by atoms with van der Waals surface area (Å²) in [7, 11) is 3.21. The summed E-state index contributed by atoms with van der Waals surface area (Å²) in [5.41, 5.74) is 3.29. The van der Waals surface area contributed by atoms with Gasteiger partial charge < -0.3 is 14.7 Å². The van der Waals surface area contributed by atoms with E-state index < -0.39 is 0 Å². The molecule has 1 aromatic rings. The molecule has 0 aliphatic heterocycles. The fourth-order valence-electron chi connectivity index (χ4n) is 1.41. The zero-order valence-corrected chi connectivity index (χ0v) is 9.28. The van der Waals surface area contributed by atoms with E-state index in [0.717, 1.165) is 12.0 Å². The van der Waals surface area contributed by atoms with E-state index in [1.807, 2.05) is 25.1 Å². The molecule has 0 aliphatic carbocycles. The third-order valence-electron chi connectivity index (χ3n) is 2.21. The molecule has 0 saturated heterocycles. The Kier molecular flexibility index (Phi) is 4.39. The second-order valence-corrected chi connectivity index (χ2v) is 3.42. The third kappa shape index (κ3) is 3.11. The first-order valence-corrected chi connectivity index (χ1v) is 4.81. The van der Waals surface area contributed by atoms with Gasteiger partial charge in [-0.15, -0.1) is 0 Å². The highest BCUT2D eigenvalue weighted by Crippen LogP contribution is 2.27. The van der Waals surface area contributed by atoms with Crippen LogP contribution in [0.1, 0.15) is 12.5 Å². The summed E-state index contributed by atoms with van der Waals surface area (Å²) in [6, 6.07) is 5.74. The maximum absolute atomic E-state index is 8.72. The van der Waals surface area contributed by atoms with Gasteiger partial charge in [0.15, 0.2) is 11.5 Å². The first kappa shape index (κ1) is 11.8. The molecular formula is C11H17NO3. The molecular weight excluding hydrogens is 194 g/mol. The van der Waals surface area contributed by atoms with Crippen LogP contribution in [0.2, 0.25) is 0 Å². The van der Waals surface area contributed by atoms with Crippen molar-refractivity contribution in [3.63, 3.8) is 0 Å². The lowest BCUT2D eigenvalue weighted by molar-refractivity contribution is 0.133. The summed E-state index contributed by atoms with van der Waals surface area (Å²) in [6.45, 7) is 1.90. The van der Waals surface area contributed by atoms with Crippen molar-refractivity contribution >= 4 is 0 Å². The first-order valence-electron chi connectivity index (χ1n) is 4.81. The van der Waals surface area contributed by atoms with Gasteiger partial charge in [-0.1, -0.05) is 6.07 Å². The van der Waals surface area contributed by atoms with Crippen LogP contribution in [0.4, 0.5) is 0 Å². The van der Waals surface area contributed by atoms with Gasteiger partial charge in [0, 0.05) is 6.04 Å². The maximum Gasteiger partial charge on any atom is 0.160 e. The number of rotatable bonds is 5. The second kappa shape index (κ2) is 5.58. The van der Waals surface area contributed by atoms with Crippen LogP contribution >= 0.6 is 0 Å². The van der Waals surface area contributed by atoms with Crippen molar-refractivity contribution in [3.05, 3.63) is 23.8 Å². The average Bonchev–Trinajstić information content (AvgIpc) is 2.28. The lowest BCUT2D eigenvalue weighted by atomic mass is 10.1. The number of hydroxylamine groups is 1. The number of benzene rings is 1. The van der Waals surface area contributed by atoms with Crippen LogP contribution in [0, 0.1) is 0 Å². The van der Waals surface area contributed by atoms with E-state index in [1.165, 1.54) is 0 Å². The average molecular weight is 211 g/mol. The molecule has 0 heterocycles. The highest BCUT2D eigenvalue weighted by atomic mass is 16.5. The molecule has 0 bridgehead atoms. The van der Waals surface area contributed by atoms with Crippen LogP contribution in [-0.2, 0) is 6.42 Å². The van der Waals surface area contributed by atoms with Crippen LogP contribution in [0.15, 0.2) is 18.2 Å². The Morgan fingerprint density at radius 2 is 1.93 bits per heavy atom. The second-order valence-electron chi connectivity index (χ2n) is 3.42. The van der Waals surface area contributed by atoms with Gasteiger partial charge in [-0.25, -0.2) is 5.48 Å². The molecule has 0 aromatic heterocycles. The zero-order valence-electron chi connectivity index (χ0n) is 9.28. The van der Waals surface area contributed by atoms with Gasteiger partial charge in [-0.2, -0.15) is 0 Å². The fraction of sp³-hybridized carbons (Fsp3) is 0.455. The highest BCUT2D eigenvalue weighted by Gasteiger charge is 2.06. The first-order chi connectivity index (χ1) is 7.21. The lowest BCUT2D eigenvalue weighted by Crippen LogP contribution is -2.24. The van der Waals surface area contributed by atoms with Crippen molar-refractivity contribution in [2.45, 2.75) is 19.4 Å². The van der Waals surface area contributed by atoms with E-state index in [1.54, 1.807) is 14.2 Å². The Hall–Kier alpha value is -1.26. The third-order valence-corrected chi connectivity index (χ3v) is 2.21. The number of nitrogens with one attached hydrogen (secondary N) is 1. The molecule has 1 aromatic carbocycles. The van der Waals surface area contributed by atoms with Crippen molar-refractivity contribution in [2.24, 2.45) is 0 Å². The van der Waals surface area contributed by atoms with Crippen LogP contribution < -0.4 is 15.0 Å². The van der Waals surface area contributed by atoms with Crippen molar-refractivity contribution in [3.8, 4) is 11.5 Å². The van der Waals surface area contributed by atoms with E-state index in [-0.39, 0.29) is 6.04 Å². The molecule has 0 amide bonds. The zero-order chi connectivity index (χ0) is 11.3. The summed E-state index contributed by atoms with van der Waals surface area (Å²) in [4.78, 5) is 0. The molecule has 2 N–H and O–H groups in total. The van der Waals surface area contributed by atoms with Crippen molar-refractivity contribution < 1.29 is 14.7 Å². The molecule has 1 rings (SSSR count). The smallest absolute Gasteiger partial charge is 0.160 e. The number of ether oxygens (including phenoxy) is 2. The molecule has 0 spiro atoms. The Bertz CT molecular complexity index is 315. The Morgan fingerprint density at radius 3 is 2.47 bits per heavy atom. The van der Waals surface area contributed by atoms with Crippen LogP contribution in [0.5, 0.6) is 11.5 Å². The molecule has 0 radical (unpaired) electrons. The van der Waals surface area contributed by atoms with Crippen LogP contribution in [-0.4, -0.2) is 25.5 Å². The normalized spacial score (nSPS) is 12.3. The molecule has 84 valence electrons. The SMILES string of the molecule is COc1ccc(C[C@@H](C)NO)cc1OC. The summed E-state index contributed by atoms with van der Waals surface area (Å²) >= 11 is 0. The predicted molar refractivity (Wildman–Crippen MR) is 57.6 cm³/mol. The molecule has 15 heavy (non-hydrogen) atoms. The van der Waals surface area contributed by atoms with E-state index in [4.69, 9.17) is 14.7 Å². The van der Waals surface area contributed by atoms with E-state index in [0.29, 0.717) is 11.5 Å². The molecule has 0 saturated carbocycles. The predicted octanol–water partition coefficient (Wildman–Crippen LogP) is 1.61. The standard InChI is InChI=1S/C11H17NO3/c1-8(12-13)6-9-4-5-10(14-2)11(7-9)15-3/h4-5,7-8,12-13H,6H2,1-3H3/t8-/m1/s1. The van der Waals surface area contributed by atoms with Gasteiger partial charge in [0.1, 0.15) is 0 Å². The topological polar surface area (TPSA) is 50.7 Å². The molecule has 0 fully saturated rings. The quantitative estimate of drug-likeness (QED) is 0.726. The minimum Gasteiger partial charge on any atom is -0.493 e. The van der Waals surface area contributed by atoms with E-state index in [9.17, 15) is 0 Å². The molecule has 0 aliphatic rings. The van der Waals surface area contributed by atoms with Crippen LogP contribution in [0.25, 0.3) is 0 Å². The molecule has 1 atom stereocenters. The minimum atomic E-state index is 0.0168. The molecule has 4 nitrogen and oxygen atoms in total. The largest absolute Gasteiger partial charge is 0.493 e. The van der Waals surface area contributed by atoms with Crippen LogP contribution in [0.3, 0.4) is 0 Å². The summed E-state index contributed by atoms with van der Waals surface area (Å²) in [5, 5.41) is 8.72. The van der Waals surface area contributed by atoms with Crippen molar-refractivity contribution in [2.75, 3.05) is 14.2 Å². The highest BCUT2D eigenvalue weighted by molar-refractivity contribution is 5.43. The van der Waals surface area contributed by atoms with Gasteiger partial charge in [-0.05, 0) is 31.0 Å². The van der Waals surface area contributed by atoms with E-state index >= 15 is 0 Å². The summed E-state index contributed by atoms with van der Waals surface area (Å²) in [5.74, 6) is 1.42. The maximum atomic E-state index is 8.72. The Labute approximate surface area is 89.8 Å². The minimum absolute atomic E-state index is 0.0168. The summed E-state index contributed by atoms with van der Waals surface area (Å²) < 4.78 is 10.3.